The Balaban J connectivity index is 0.00000144. The summed E-state index contributed by atoms with van der Waals surface area (Å²) in [5.74, 6) is -0.327. The quantitative estimate of drug-likeness (QED) is 0.623. The van der Waals surface area contributed by atoms with Crippen LogP contribution in [-0.2, 0) is 15.8 Å². The number of nitrogens with one attached hydrogen (secondary N) is 1. The van der Waals surface area contributed by atoms with Gasteiger partial charge in [0.15, 0.2) is 0 Å². The molecule has 0 aliphatic heterocycles. The summed E-state index contributed by atoms with van der Waals surface area (Å²) in [6, 6.07) is 6.59. The molecule has 0 amide bonds. The van der Waals surface area contributed by atoms with Crippen molar-refractivity contribution in [3.63, 3.8) is 0 Å². The van der Waals surface area contributed by atoms with Crippen molar-refractivity contribution in [2.45, 2.75) is 5.75 Å². The van der Waals surface area contributed by atoms with Crippen molar-refractivity contribution >= 4 is 21.6 Å². The summed E-state index contributed by atoms with van der Waals surface area (Å²) in [4.78, 5) is 0. The third kappa shape index (κ3) is 5.00. The maximum Gasteiger partial charge on any atom is 1.00 e. The minimum absolute atomic E-state index is 0. The van der Waals surface area contributed by atoms with E-state index in [4.69, 9.17) is 16.7 Å². The van der Waals surface area contributed by atoms with Crippen LogP contribution in [0, 0.1) is 0 Å². The molecule has 1 N–H and O–H groups in total. The van der Waals surface area contributed by atoms with Gasteiger partial charge in [0, 0.05) is 5.02 Å². The van der Waals surface area contributed by atoms with Gasteiger partial charge in [-0.3, -0.25) is 0 Å². The minimum atomic E-state index is -3.73. The molecule has 66 valence electrons. The first kappa shape index (κ1) is 13.4. The SMILES string of the molecule is [NH-]S(=O)(=O)Cc1ccccc1Cl.[Na+]. The van der Waals surface area contributed by atoms with Crippen molar-refractivity contribution in [1.82, 2.24) is 0 Å². The summed E-state index contributed by atoms with van der Waals surface area (Å²) in [6.45, 7) is 0. The summed E-state index contributed by atoms with van der Waals surface area (Å²) in [5, 5.41) is 7.06. The summed E-state index contributed by atoms with van der Waals surface area (Å²) in [7, 11) is -3.73. The van der Waals surface area contributed by atoms with Gasteiger partial charge < -0.3 is 5.14 Å². The summed E-state index contributed by atoms with van der Waals surface area (Å²) >= 11 is 5.68. The van der Waals surface area contributed by atoms with E-state index in [-0.39, 0.29) is 35.3 Å². The van der Waals surface area contributed by atoms with Crippen LogP contribution in [0.5, 0.6) is 0 Å². The van der Waals surface area contributed by atoms with E-state index in [0.717, 1.165) is 0 Å². The zero-order chi connectivity index (χ0) is 9.19. The van der Waals surface area contributed by atoms with Gasteiger partial charge in [0.1, 0.15) is 0 Å². The van der Waals surface area contributed by atoms with Crippen LogP contribution >= 0.6 is 11.6 Å². The van der Waals surface area contributed by atoms with Crippen molar-refractivity contribution in [2.75, 3.05) is 0 Å². The monoisotopic (exact) mass is 227 g/mol. The van der Waals surface area contributed by atoms with Gasteiger partial charge in [-0.05, 0) is 11.6 Å². The molecule has 0 heterocycles. The summed E-state index contributed by atoms with van der Waals surface area (Å²) < 4.78 is 21.1. The molecule has 0 radical (unpaired) electrons. The second kappa shape index (κ2) is 5.34. The Morgan fingerprint density at radius 2 is 1.85 bits per heavy atom. The fourth-order valence-electron chi connectivity index (χ4n) is 0.820. The molecule has 3 nitrogen and oxygen atoms in total. The average molecular weight is 228 g/mol. The summed E-state index contributed by atoms with van der Waals surface area (Å²) in [5.41, 5.74) is 0.467. The van der Waals surface area contributed by atoms with Gasteiger partial charge in [0.25, 0.3) is 0 Å². The van der Waals surface area contributed by atoms with Gasteiger partial charge in [0.2, 0.25) is 0 Å². The number of rotatable bonds is 2. The molecule has 0 atom stereocenters. The largest absolute Gasteiger partial charge is 1.00 e. The molecule has 13 heavy (non-hydrogen) atoms. The second-order valence-corrected chi connectivity index (χ2v) is 4.28. The molecule has 0 aliphatic rings. The van der Waals surface area contributed by atoms with Gasteiger partial charge in [-0.15, -0.1) is 0 Å². The van der Waals surface area contributed by atoms with Gasteiger partial charge >= 0.3 is 29.6 Å². The van der Waals surface area contributed by atoms with Gasteiger partial charge in [0.05, 0.1) is 15.8 Å². The molecule has 1 aromatic carbocycles. The molecule has 0 saturated carbocycles. The van der Waals surface area contributed by atoms with Crippen LogP contribution in [0.4, 0.5) is 0 Å². The Bertz CT molecular complexity index is 380. The number of sulfonamides is 1. The Morgan fingerprint density at radius 1 is 1.31 bits per heavy atom. The van der Waals surface area contributed by atoms with Crippen LogP contribution in [0.25, 0.3) is 5.14 Å². The third-order valence-electron chi connectivity index (χ3n) is 1.30. The van der Waals surface area contributed by atoms with Crippen LogP contribution in [0.3, 0.4) is 0 Å². The number of halogens is 1. The normalized spacial score (nSPS) is 10.6. The van der Waals surface area contributed by atoms with E-state index < -0.39 is 10.0 Å². The van der Waals surface area contributed by atoms with Gasteiger partial charge in [-0.1, -0.05) is 29.8 Å². The minimum Gasteiger partial charge on any atom is -0.564 e. The first-order valence-electron chi connectivity index (χ1n) is 3.20. The summed E-state index contributed by atoms with van der Waals surface area (Å²) in [6.07, 6.45) is 0. The molecule has 1 rings (SSSR count). The maximum atomic E-state index is 10.6. The molecule has 6 heteroatoms. The Labute approximate surface area is 105 Å². The third-order valence-corrected chi connectivity index (χ3v) is 2.36. The maximum absolute atomic E-state index is 10.6. The van der Waals surface area contributed by atoms with Crippen LogP contribution in [-0.4, -0.2) is 8.42 Å². The topological polar surface area (TPSA) is 57.9 Å². The van der Waals surface area contributed by atoms with E-state index in [1.807, 2.05) is 0 Å². The second-order valence-electron chi connectivity index (χ2n) is 2.35. The van der Waals surface area contributed by atoms with E-state index >= 15 is 0 Å². The van der Waals surface area contributed by atoms with Crippen molar-refractivity contribution in [2.24, 2.45) is 0 Å². The van der Waals surface area contributed by atoms with E-state index in [1.165, 1.54) is 0 Å². The van der Waals surface area contributed by atoms with E-state index in [1.54, 1.807) is 24.3 Å². The Kier molecular flexibility index (Phi) is 5.51. The first-order valence-corrected chi connectivity index (χ1v) is 5.23. The first-order chi connectivity index (χ1) is 5.49. The smallest absolute Gasteiger partial charge is 0.564 e. The van der Waals surface area contributed by atoms with Crippen molar-refractivity contribution in [3.8, 4) is 0 Å². The standard InChI is InChI=1S/C7H7ClNO2S.Na/c8-7-4-2-1-3-6(7)5-12(9,10)11;/h1-4H,5H2,(H-,9,10,11);/q-1;+1. The number of hydrogen-bond acceptors (Lipinski definition) is 2. The molecule has 0 saturated heterocycles. The zero-order valence-electron chi connectivity index (χ0n) is 7.12. The molecule has 0 bridgehead atoms. The molecule has 0 unspecified atom stereocenters. The van der Waals surface area contributed by atoms with Crippen molar-refractivity contribution in [1.29, 1.82) is 0 Å². The molecular formula is C7H7ClNNaO2S. The zero-order valence-corrected chi connectivity index (χ0v) is 10.7. The van der Waals surface area contributed by atoms with Crippen LogP contribution in [0.15, 0.2) is 24.3 Å². The average Bonchev–Trinajstić information content (AvgIpc) is 1.91. The predicted octanol–water partition coefficient (Wildman–Crippen LogP) is -0.774. The number of benzene rings is 1. The molecule has 0 spiro atoms. The number of hydrogen-bond donors (Lipinski definition) is 0. The van der Waals surface area contributed by atoms with Gasteiger partial charge in [-0.25, -0.2) is 8.42 Å². The van der Waals surface area contributed by atoms with E-state index in [9.17, 15) is 8.42 Å². The van der Waals surface area contributed by atoms with Crippen LogP contribution in [0.1, 0.15) is 5.56 Å². The fourth-order valence-corrected chi connectivity index (χ4v) is 1.76. The van der Waals surface area contributed by atoms with Crippen LogP contribution < -0.4 is 29.6 Å². The molecule has 1 aromatic rings. The Hall–Kier alpha value is 0.420. The van der Waals surface area contributed by atoms with E-state index in [2.05, 4.69) is 0 Å². The fraction of sp³-hybridized carbons (Fsp3) is 0.143. The molecule has 0 aliphatic carbocycles. The molecule has 0 aromatic heterocycles. The Morgan fingerprint density at radius 3 is 2.31 bits per heavy atom. The van der Waals surface area contributed by atoms with Crippen molar-refractivity contribution in [3.05, 3.63) is 40.0 Å². The predicted molar refractivity (Wildman–Crippen MR) is 48.4 cm³/mol. The van der Waals surface area contributed by atoms with Crippen molar-refractivity contribution < 1.29 is 38.0 Å². The van der Waals surface area contributed by atoms with Gasteiger partial charge in [-0.2, -0.15) is 0 Å². The molecular weight excluding hydrogens is 221 g/mol. The van der Waals surface area contributed by atoms with Crippen LogP contribution in [0.2, 0.25) is 5.02 Å². The molecule has 0 fully saturated rings. The van der Waals surface area contributed by atoms with E-state index in [0.29, 0.717) is 10.6 Å².